The number of rotatable bonds is 7. The number of benzene rings is 1. The Morgan fingerprint density at radius 2 is 1.95 bits per heavy atom. The molecule has 0 aliphatic heterocycles. The Bertz CT molecular complexity index is 459. The standard InChI is InChI=1S/C16H26N2O3/c1-4-21-16(9-5-6-10-16)15(18-17)13-11-12(19-2)7-8-14(13)20-3/h7-8,11,15,18H,4-6,9-10,17H2,1-3H3. The maximum Gasteiger partial charge on any atom is 0.124 e. The van der Waals surface area contributed by atoms with Gasteiger partial charge in [0.15, 0.2) is 0 Å². The molecule has 1 unspecified atom stereocenters. The van der Waals surface area contributed by atoms with Gasteiger partial charge in [-0.15, -0.1) is 0 Å². The topological polar surface area (TPSA) is 65.7 Å². The Hall–Kier alpha value is -1.30. The molecule has 1 aromatic carbocycles. The number of hydrogen-bond donors (Lipinski definition) is 2. The fourth-order valence-corrected chi connectivity index (χ4v) is 3.37. The Balaban J connectivity index is 2.43. The number of methoxy groups -OCH3 is 2. The highest BCUT2D eigenvalue weighted by Gasteiger charge is 2.43. The lowest BCUT2D eigenvalue weighted by atomic mass is 9.86. The van der Waals surface area contributed by atoms with Gasteiger partial charge in [0, 0.05) is 12.2 Å². The summed E-state index contributed by atoms with van der Waals surface area (Å²) in [4.78, 5) is 0. The molecule has 0 radical (unpaired) electrons. The van der Waals surface area contributed by atoms with Crippen LogP contribution in [0.15, 0.2) is 18.2 Å². The van der Waals surface area contributed by atoms with Crippen LogP contribution < -0.4 is 20.7 Å². The normalized spacial score (nSPS) is 18.5. The van der Waals surface area contributed by atoms with Gasteiger partial charge < -0.3 is 14.2 Å². The zero-order valence-corrected chi connectivity index (χ0v) is 13.1. The van der Waals surface area contributed by atoms with Crippen molar-refractivity contribution in [3.05, 3.63) is 23.8 Å². The van der Waals surface area contributed by atoms with E-state index in [1.807, 2.05) is 25.1 Å². The van der Waals surface area contributed by atoms with Crippen molar-refractivity contribution in [1.29, 1.82) is 0 Å². The van der Waals surface area contributed by atoms with E-state index >= 15 is 0 Å². The summed E-state index contributed by atoms with van der Waals surface area (Å²) in [6, 6.07) is 5.65. The Labute approximate surface area is 126 Å². The van der Waals surface area contributed by atoms with Gasteiger partial charge in [0.2, 0.25) is 0 Å². The highest BCUT2D eigenvalue weighted by Crippen LogP contribution is 2.45. The van der Waals surface area contributed by atoms with E-state index in [2.05, 4.69) is 5.43 Å². The molecule has 5 heteroatoms. The Kier molecular flexibility index (Phi) is 5.45. The van der Waals surface area contributed by atoms with Crippen LogP contribution in [0.4, 0.5) is 0 Å². The van der Waals surface area contributed by atoms with Crippen molar-refractivity contribution in [2.45, 2.75) is 44.2 Å². The zero-order valence-electron chi connectivity index (χ0n) is 13.1. The van der Waals surface area contributed by atoms with Crippen LogP contribution in [0.1, 0.15) is 44.2 Å². The largest absolute Gasteiger partial charge is 0.497 e. The third-order valence-electron chi connectivity index (χ3n) is 4.32. The molecule has 0 heterocycles. The summed E-state index contributed by atoms with van der Waals surface area (Å²) in [7, 11) is 3.32. The second-order valence-corrected chi connectivity index (χ2v) is 5.41. The predicted molar refractivity (Wildman–Crippen MR) is 82.4 cm³/mol. The lowest BCUT2D eigenvalue weighted by molar-refractivity contribution is -0.0631. The molecule has 0 spiro atoms. The summed E-state index contributed by atoms with van der Waals surface area (Å²) in [5.74, 6) is 7.47. The van der Waals surface area contributed by atoms with Crippen LogP contribution in [0, 0.1) is 0 Å². The lowest BCUT2D eigenvalue weighted by Crippen LogP contribution is -2.47. The first-order valence-electron chi connectivity index (χ1n) is 7.52. The molecule has 0 bridgehead atoms. The first-order chi connectivity index (χ1) is 10.2. The van der Waals surface area contributed by atoms with Gasteiger partial charge in [0.25, 0.3) is 0 Å². The average Bonchev–Trinajstić information content (AvgIpc) is 2.97. The van der Waals surface area contributed by atoms with Gasteiger partial charge in [-0.05, 0) is 38.0 Å². The van der Waals surface area contributed by atoms with Crippen molar-refractivity contribution in [3.8, 4) is 11.5 Å². The van der Waals surface area contributed by atoms with Gasteiger partial charge >= 0.3 is 0 Å². The number of hydrogen-bond acceptors (Lipinski definition) is 5. The fourth-order valence-electron chi connectivity index (χ4n) is 3.37. The van der Waals surface area contributed by atoms with Crippen LogP contribution in [0.2, 0.25) is 0 Å². The van der Waals surface area contributed by atoms with Crippen LogP contribution in [0.5, 0.6) is 11.5 Å². The molecule has 1 aromatic rings. The van der Waals surface area contributed by atoms with E-state index in [1.165, 1.54) is 0 Å². The van der Waals surface area contributed by atoms with E-state index in [-0.39, 0.29) is 11.6 Å². The molecule has 21 heavy (non-hydrogen) atoms. The van der Waals surface area contributed by atoms with Crippen molar-refractivity contribution in [3.63, 3.8) is 0 Å². The number of nitrogens with one attached hydrogen (secondary N) is 1. The Morgan fingerprint density at radius 3 is 2.48 bits per heavy atom. The highest BCUT2D eigenvalue weighted by molar-refractivity contribution is 5.43. The average molecular weight is 294 g/mol. The quantitative estimate of drug-likeness (QED) is 0.597. The minimum absolute atomic E-state index is 0.120. The fraction of sp³-hybridized carbons (Fsp3) is 0.625. The van der Waals surface area contributed by atoms with Gasteiger partial charge in [0.05, 0.1) is 25.9 Å². The van der Waals surface area contributed by atoms with E-state index in [9.17, 15) is 0 Å². The second-order valence-electron chi connectivity index (χ2n) is 5.41. The SMILES string of the molecule is CCOC1(C(NN)c2cc(OC)ccc2OC)CCCC1. The summed E-state index contributed by atoms with van der Waals surface area (Å²) in [6.45, 7) is 2.70. The molecular weight excluding hydrogens is 268 g/mol. The zero-order chi connectivity index (χ0) is 15.3. The first kappa shape index (κ1) is 16.1. The summed E-state index contributed by atoms with van der Waals surface area (Å²) >= 11 is 0. The lowest BCUT2D eigenvalue weighted by Gasteiger charge is -2.37. The smallest absolute Gasteiger partial charge is 0.124 e. The molecule has 3 N–H and O–H groups in total. The third kappa shape index (κ3) is 3.15. The van der Waals surface area contributed by atoms with Crippen LogP contribution in [0.25, 0.3) is 0 Å². The van der Waals surface area contributed by atoms with Gasteiger partial charge in [-0.3, -0.25) is 5.84 Å². The van der Waals surface area contributed by atoms with Crippen molar-refractivity contribution < 1.29 is 14.2 Å². The molecule has 2 rings (SSSR count). The van der Waals surface area contributed by atoms with E-state index < -0.39 is 0 Å². The maximum atomic E-state index is 6.13. The molecular formula is C16H26N2O3. The molecule has 1 aliphatic carbocycles. The first-order valence-corrected chi connectivity index (χ1v) is 7.52. The molecule has 0 saturated heterocycles. The van der Waals surface area contributed by atoms with Crippen molar-refractivity contribution in [1.82, 2.24) is 5.43 Å². The predicted octanol–water partition coefficient (Wildman–Crippen LogP) is 2.56. The monoisotopic (exact) mass is 294 g/mol. The third-order valence-corrected chi connectivity index (χ3v) is 4.32. The molecule has 118 valence electrons. The van der Waals surface area contributed by atoms with E-state index in [1.54, 1.807) is 14.2 Å². The Morgan fingerprint density at radius 1 is 1.24 bits per heavy atom. The molecule has 0 amide bonds. The van der Waals surface area contributed by atoms with Crippen LogP contribution in [-0.2, 0) is 4.74 Å². The number of ether oxygens (including phenoxy) is 3. The second kappa shape index (κ2) is 7.11. The molecule has 1 saturated carbocycles. The van der Waals surface area contributed by atoms with Gasteiger partial charge in [-0.2, -0.15) is 0 Å². The number of nitrogens with two attached hydrogens (primary N) is 1. The van der Waals surface area contributed by atoms with Crippen LogP contribution in [-0.4, -0.2) is 26.4 Å². The van der Waals surface area contributed by atoms with Gasteiger partial charge in [-0.25, -0.2) is 5.43 Å². The summed E-state index contributed by atoms with van der Waals surface area (Å²) in [5, 5.41) is 0. The van der Waals surface area contributed by atoms with Gasteiger partial charge in [0.1, 0.15) is 11.5 Å². The van der Waals surface area contributed by atoms with Gasteiger partial charge in [-0.1, -0.05) is 12.8 Å². The molecule has 5 nitrogen and oxygen atoms in total. The summed E-state index contributed by atoms with van der Waals surface area (Å²) in [6.07, 6.45) is 4.31. The van der Waals surface area contributed by atoms with E-state index in [0.29, 0.717) is 6.61 Å². The van der Waals surface area contributed by atoms with E-state index in [4.69, 9.17) is 20.1 Å². The number of hydrazine groups is 1. The summed E-state index contributed by atoms with van der Waals surface area (Å²) < 4.78 is 17.0. The molecule has 1 fully saturated rings. The minimum atomic E-state index is -0.275. The maximum absolute atomic E-state index is 6.13. The minimum Gasteiger partial charge on any atom is -0.497 e. The molecule has 1 atom stereocenters. The molecule has 1 aliphatic rings. The van der Waals surface area contributed by atoms with Crippen molar-refractivity contribution >= 4 is 0 Å². The van der Waals surface area contributed by atoms with Crippen LogP contribution >= 0.6 is 0 Å². The van der Waals surface area contributed by atoms with E-state index in [0.717, 1.165) is 42.7 Å². The van der Waals surface area contributed by atoms with Crippen molar-refractivity contribution in [2.24, 2.45) is 5.84 Å². The van der Waals surface area contributed by atoms with Crippen LogP contribution in [0.3, 0.4) is 0 Å². The summed E-state index contributed by atoms with van der Waals surface area (Å²) in [5.41, 5.74) is 3.66. The molecule has 0 aromatic heterocycles. The highest BCUT2D eigenvalue weighted by atomic mass is 16.5. The van der Waals surface area contributed by atoms with Crippen molar-refractivity contribution in [2.75, 3.05) is 20.8 Å².